The summed E-state index contributed by atoms with van der Waals surface area (Å²) in [6.45, 7) is 4.55. The van der Waals surface area contributed by atoms with E-state index in [4.69, 9.17) is 11.6 Å². The lowest BCUT2D eigenvalue weighted by molar-refractivity contribution is 0.570. The van der Waals surface area contributed by atoms with Gasteiger partial charge < -0.3 is 5.32 Å². The summed E-state index contributed by atoms with van der Waals surface area (Å²) in [6.07, 6.45) is 0.454. The Hall–Kier alpha value is -0.850. The second-order valence-electron chi connectivity index (χ2n) is 4.48. The Morgan fingerprint density at radius 3 is 2.68 bits per heavy atom. The van der Waals surface area contributed by atoms with Crippen molar-refractivity contribution < 1.29 is 12.8 Å². The number of rotatable bonds is 7. The molecule has 4 nitrogen and oxygen atoms in total. The summed E-state index contributed by atoms with van der Waals surface area (Å²) >= 11 is 5.58. The molecule has 0 aromatic heterocycles. The van der Waals surface area contributed by atoms with Crippen molar-refractivity contribution in [2.75, 3.05) is 17.0 Å². The molecule has 0 aliphatic heterocycles. The highest BCUT2D eigenvalue weighted by atomic mass is 35.5. The summed E-state index contributed by atoms with van der Waals surface area (Å²) < 4.78 is 39.3. The van der Waals surface area contributed by atoms with Crippen LogP contribution in [0.2, 0.25) is 5.02 Å². The minimum atomic E-state index is -3.56. The van der Waals surface area contributed by atoms with Gasteiger partial charge in [0.25, 0.3) is 0 Å². The standard InChI is InChI=1S/C12H18ClFN2O2S/c1-9(2)15-7-4-8-19(17,18)16-11-6-3-5-10(13)12(11)14/h3,5-6,9,15-16H,4,7-8H2,1-2H3. The van der Waals surface area contributed by atoms with Crippen LogP contribution in [0.5, 0.6) is 0 Å². The minimum absolute atomic E-state index is 0.0708. The summed E-state index contributed by atoms with van der Waals surface area (Å²) in [4.78, 5) is 0. The van der Waals surface area contributed by atoms with Gasteiger partial charge in [0.15, 0.2) is 5.82 Å². The van der Waals surface area contributed by atoms with Crippen molar-refractivity contribution in [3.05, 3.63) is 29.0 Å². The Balaban J connectivity index is 2.57. The average molecular weight is 309 g/mol. The van der Waals surface area contributed by atoms with E-state index in [1.807, 2.05) is 13.8 Å². The third kappa shape index (κ3) is 5.76. The number of hydrogen-bond donors (Lipinski definition) is 2. The molecule has 0 aliphatic rings. The maximum atomic E-state index is 13.6. The highest BCUT2D eigenvalue weighted by Gasteiger charge is 2.14. The van der Waals surface area contributed by atoms with Gasteiger partial charge in [-0.3, -0.25) is 4.72 Å². The van der Waals surface area contributed by atoms with Crippen LogP contribution in [0.25, 0.3) is 0 Å². The van der Waals surface area contributed by atoms with Crippen molar-refractivity contribution in [1.82, 2.24) is 5.32 Å². The lowest BCUT2D eigenvalue weighted by Crippen LogP contribution is -2.26. The largest absolute Gasteiger partial charge is 0.314 e. The quantitative estimate of drug-likeness (QED) is 0.761. The second-order valence-corrected chi connectivity index (χ2v) is 6.73. The van der Waals surface area contributed by atoms with Crippen molar-refractivity contribution in [2.45, 2.75) is 26.3 Å². The van der Waals surface area contributed by atoms with E-state index in [0.717, 1.165) is 0 Å². The van der Waals surface area contributed by atoms with Crippen LogP contribution >= 0.6 is 11.6 Å². The van der Waals surface area contributed by atoms with Crippen LogP contribution in [0.3, 0.4) is 0 Å². The van der Waals surface area contributed by atoms with Gasteiger partial charge in [0.1, 0.15) is 0 Å². The van der Waals surface area contributed by atoms with Gasteiger partial charge in [-0.05, 0) is 25.1 Å². The van der Waals surface area contributed by atoms with Gasteiger partial charge in [-0.1, -0.05) is 31.5 Å². The number of nitrogens with one attached hydrogen (secondary N) is 2. The van der Waals surface area contributed by atoms with Crippen molar-refractivity contribution in [3.63, 3.8) is 0 Å². The molecule has 19 heavy (non-hydrogen) atoms. The van der Waals surface area contributed by atoms with Gasteiger partial charge in [0, 0.05) is 6.04 Å². The Kier molecular flexibility index (Phi) is 6.03. The maximum absolute atomic E-state index is 13.6. The monoisotopic (exact) mass is 308 g/mol. The molecule has 0 radical (unpaired) electrons. The molecule has 0 unspecified atom stereocenters. The Labute approximate surface area is 118 Å². The molecule has 1 rings (SSSR count). The third-order valence-corrected chi connectivity index (χ3v) is 4.01. The van der Waals surface area contributed by atoms with E-state index < -0.39 is 15.8 Å². The molecule has 0 amide bonds. The molecule has 0 atom stereocenters. The van der Waals surface area contributed by atoms with Gasteiger partial charge in [0.05, 0.1) is 16.5 Å². The first-order valence-electron chi connectivity index (χ1n) is 6.00. The van der Waals surface area contributed by atoms with Crippen LogP contribution in [0.15, 0.2) is 18.2 Å². The van der Waals surface area contributed by atoms with E-state index in [2.05, 4.69) is 10.0 Å². The molecule has 0 saturated carbocycles. The molecule has 7 heteroatoms. The molecule has 1 aromatic carbocycles. The molecule has 0 heterocycles. The first-order chi connectivity index (χ1) is 8.82. The number of benzene rings is 1. The molecule has 0 spiro atoms. The van der Waals surface area contributed by atoms with Crippen LogP contribution in [-0.4, -0.2) is 26.8 Å². The molecule has 1 aromatic rings. The molecule has 0 fully saturated rings. The summed E-state index contributed by atoms with van der Waals surface area (Å²) in [6, 6.07) is 4.50. The zero-order valence-corrected chi connectivity index (χ0v) is 12.5. The molecular formula is C12H18ClFN2O2S. The average Bonchev–Trinajstić information content (AvgIpc) is 2.30. The van der Waals surface area contributed by atoms with E-state index in [0.29, 0.717) is 19.0 Å². The maximum Gasteiger partial charge on any atom is 0.232 e. The van der Waals surface area contributed by atoms with E-state index in [9.17, 15) is 12.8 Å². The van der Waals surface area contributed by atoms with Crippen molar-refractivity contribution in [2.24, 2.45) is 0 Å². The number of halogens is 2. The Bertz CT molecular complexity index is 520. The van der Waals surface area contributed by atoms with E-state index in [-0.39, 0.29) is 16.5 Å². The van der Waals surface area contributed by atoms with Gasteiger partial charge >= 0.3 is 0 Å². The van der Waals surface area contributed by atoms with Crippen molar-refractivity contribution in [3.8, 4) is 0 Å². The zero-order chi connectivity index (χ0) is 14.5. The Morgan fingerprint density at radius 1 is 1.37 bits per heavy atom. The fourth-order valence-corrected chi connectivity index (χ4v) is 2.75. The summed E-state index contributed by atoms with van der Waals surface area (Å²) in [5.41, 5.74) is -0.121. The van der Waals surface area contributed by atoms with Gasteiger partial charge in [-0.25, -0.2) is 12.8 Å². The van der Waals surface area contributed by atoms with Crippen molar-refractivity contribution in [1.29, 1.82) is 0 Å². The van der Waals surface area contributed by atoms with Gasteiger partial charge in [0.2, 0.25) is 10.0 Å². The van der Waals surface area contributed by atoms with Gasteiger partial charge in [-0.15, -0.1) is 0 Å². The highest BCUT2D eigenvalue weighted by Crippen LogP contribution is 2.22. The van der Waals surface area contributed by atoms with Crippen molar-refractivity contribution >= 4 is 27.3 Å². The Morgan fingerprint density at radius 2 is 2.05 bits per heavy atom. The number of anilines is 1. The second kappa shape index (κ2) is 7.07. The first kappa shape index (κ1) is 16.2. The summed E-state index contributed by atoms with van der Waals surface area (Å²) in [5.74, 6) is -0.827. The van der Waals surface area contributed by atoms with E-state index in [1.54, 1.807) is 0 Å². The van der Waals surface area contributed by atoms with E-state index >= 15 is 0 Å². The molecule has 2 N–H and O–H groups in total. The van der Waals surface area contributed by atoms with Crippen LogP contribution in [0.4, 0.5) is 10.1 Å². The summed E-state index contributed by atoms with van der Waals surface area (Å²) in [5, 5.41) is 3.01. The fourth-order valence-electron chi connectivity index (χ4n) is 1.45. The van der Waals surface area contributed by atoms with Crippen LogP contribution in [0.1, 0.15) is 20.3 Å². The molecule has 108 valence electrons. The smallest absolute Gasteiger partial charge is 0.232 e. The highest BCUT2D eigenvalue weighted by molar-refractivity contribution is 7.92. The number of sulfonamides is 1. The van der Waals surface area contributed by atoms with E-state index in [1.165, 1.54) is 18.2 Å². The normalized spacial score (nSPS) is 11.8. The lowest BCUT2D eigenvalue weighted by atomic mass is 10.3. The van der Waals surface area contributed by atoms with Crippen LogP contribution in [0, 0.1) is 5.82 Å². The lowest BCUT2D eigenvalue weighted by Gasteiger charge is -2.11. The SMILES string of the molecule is CC(C)NCCCS(=O)(=O)Nc1cccc(Cl)c1F. The van der Waals surface area contributed by atoms with Crippen LogP contribution in [-0.2, 0) is 10.0 Å². The molecule has 0 aliphatic carbocycles. The topological polar surface area (TPSA) is 58.2 Å². The van der Waals surface area contributed by atoms with Gasteiger partial charge in [-0.2, -0.15) is 0 Å². The first-order valence-corrected chi connectivity index (χ1v) is 8.03. The molecular weight excluding hydrogens is 291 g/mol. The summed E-state index contributed by atoms with van der Waals surface area (Å²) in [7, 11) is -3.56. The predicted molar refractivity (Wildman–Crippen MR) is 76.6 cm³/mol. The fraction of sp³-hybridized carbons (Fsp3) is 0.500. The minimum Gasteiger partial charge on any atom is -0.314 e. The predicted octanol–water partition coefficient (Wildman–Crippen LogP) is 2.61. The molecule has 0 bridgehead atoms. The molecule has 0 saturated heterocycles. The zero-order valence-electron chi connectivity index (χ0n) is 10.9. The van der Waals surface area contributed by atoms with Crippen LogP contribution < -0.4 is 10.0 Å². The number of hydrogen-bond acceptors (Lipinski definition) is 3. The third-order valence-electron chi connectivity index (χ3n) is 2.36.